The summed E-state index contributed by atoms with van der Waals surface area (Å²) in [5, 5.41) is 7.60. The molecule has 1 fully saturated rings. The van der Waals surface area contributed by atoms with Crippen molar-refractivity contribution < 1.29 is 4.79 Å². The molecule has 2 aromatic rings. The Hall–Kier alpha value is -2.14. The van der Waals surface area contributed by atoms with Crippen LogP contribution in [0.5, 0.6) is 0 Å². The van der Waals surface area contributed by atoms with Gasteiger partial charge in [0.1, 0.15) is 0 Å². The number of aromatic nitrogens is 2. The highest BCUT2D eigenvalue weighted by atomic mass is 16.2. The van der Waals surface area contributed by atoms with Crippen LogP contribution in [0.1, 0.15) is 19.4 Å². The fraction of sp³-hybridized carbons (Fsp3) is 0.412. The van der Waals surface area contributed by atoms with E-state index in [1.807, 2.05) is 46.1 Å². The maximum absolute atomic E-state index is 12.5. The van der Waals surface area contributed by atoms with Gasteiger partial charge in [-0.1, -0.05) is 12.1 Å². The van der Waals surface area contributed by atoms with Gasteiger partial charge in [0, 0.05) is 37.6 Å². The maximum atomic E-state index is 12.5. The lowest BCUT2D eigenvalue weighted by Crippen LogP contribution is -2.57. The summed E-state index contributed by atoms with van der Waals surface area (Å²) < 4.78 is 1.81. The van der Waals surface area contributed by atoms with Crippen molar-refractivity contribution in [1.82, 2.24) is 20.0 Å². The molecule has 0 bridgehead atoms. The SMILES string of the molecule is CC1NCCN(C(=O)Cc2ccc(-n3cccn3)cc2)C1C. The largest absolute Gasteiger partial charge is 0.337 e. The first-order valence-corrected chi connectivity index (χ1v) is 7.77. The highest BCUT2D eigenvalue weighted by Crippen LogP contribution is 2.13. The highest BCUT2D eigenvalue weighted by molar-refractivity contribution is 5.79. The van der Waals surface area contributed by atoms with Crippen LogP contribution in [0.15, 0.2) is 42.7 Å². The molecule has 1 amide bonds. The predicted octanol–water partition coefficient (Wildman–Crippen LogP) is 1.62. The fourth-order valence-electron chi connectivity index (χ4n) is 2.87. The fourth-order valence-corrected chi connectivity index (χ4v) is 2.87. The zero-order chi connectivity index (χ0) is 15.5. The molecule has 5 nitrogen and oxygen atoms in total. The van der Waals surface area contributed by atoms with E-state index >= 15 is 0 Å². The molecule has 0 aliphatic carbocycles. The van der Waals surface area contributed by atoms with E-state index in [-0.39, 0.29) is 11.9 Å². The van der Waals surface area contributed by atoms with Crippen molar-refractivity contribution in [2.24, 2.45) is 0 Å². The summed E-state index contributed by atoms with van der Waals surface area (Å²) in [6, 6.07) is 10.5. The van der Waals surface area contributed by atoms with Gasteiger partial charge in [-0.3, -0.25) is 4.79 Å². The van der Waals surface area contributed by atoms with Gasteiger partial charge in [0.05, 0.1) is 12.1 Å². The minimum atomic E-state index is 0.202. The Morgan fingerprint density at radius 2 is 2.09 bits per heavy atom. The molecule has 1 aromatic carbocycles. The lowest BCUT2D eigenvalue weighted by molar-refractivity contribution is -0.134. The number of nitrogens with zero attached hydrogens (tertiary/aromatic N) is 3. The number of benzene rings is 1. The zero-order valence-electron chi connectivity index (χ0n) is 13.1. The van der Waals surface area contributed by atoms with Crippen LogP contribution in [-0.2, 0) is 11.2 Å². The van der Waals surface area contributed by atoms with Gasteiger partial charge < -0.3 is 10.2 Å². The molecule has 2 heterocycles. The quantitative estimate of drug-likeness (QED) is 0.937. The van der Waals surface area contributed by atoms with Crippen LogP contribution in [0.2, 0.25) is 0 Å². The Kier molecular flexibility index (Phi) is 4.24. The molecule has 1 aromatic heterocycles. The van der Waals surface area contributed by atoms with E-state index < -0.39 is 0 Å². The molecule has 0 spiro atoms. The average molecular weight is 298 g/mol. The third-order valence-electron chi connectivity index (χ3n) is 4.42. The number of rotatable bonds is 3. The molecule has 1 saturated heterocycles. The average Bonchev–Trinajstić information content (AvgIpc) is 3.05. The Labute approximate surface area is 130 Å². The molecule has 1 aliphatic heterocycles. The molecule has 2 atom stereocenters. The Bertz CT molecular complexity index is 621. The molecule has 0 radical (unpaired) electrons. The normalized spacial score (nSPS) is 21.8. The van der Waals surface area contributed by atoms with E-state index in [0.29, 0.717) is 12.5 Å². The van der Waals surface area contributed by atoms with E-state index in [0.717, 1.165) is 24.3 Å². The third kappa shape index (κ3) is 3.04. The first kappa shape index (κ1) is 14.8. The van der Waals surface area contributed by atoms with Gasteiger partial charge in [-0.05, 0) is 37.6 Å². The van der Waals surface area contributed by atoms with Crippen LogP contribution in [0.3, 0.4) is 0 Å². The second-order valence-corrected chi connectivity index (χ2v) is 5.86. The number of carbonyl (C=O) groups is 1. The second kappa shape index (κ2) is 6.32. The lowest BCUT2D eigenvalue weighted by Gasteiger charge is -2.38. The summed E-state index contributed by atoms with van der Waals surface area (Å²) in [4.78, 5) is 14.5. The van der Waals surface area contributed by atoms with E-state index in [4.69, 9.17) is 0 Å². The predicted molar refractivity (Wildman–Crippen MR) is 85.9 cm³/mol. The van der Waals surface area contributed by atoms with Crippen molar-refractivity contribution in [2.75, 3.05) is 13.1 Å². The van der Waals surface area contributed by atoms with Crippen LogP contribution in [-0.4, -0.2) is 45.8 Å². The van der Waals surface area contributed by atoms with Crippen LogP contribution in [0, 0.1) is 0 Å². The maximum Gasteiger partial charge on any atom is 0.227 e. The third-order valence-corrected chi connectivity index (χ3v) is 4.42. The van der Waals surface area contributed by atoms with Gasteiger partial charge in [-0.2, -0.15) is 5.10 Å². The number of carbonyl (C=O) groups excluding carboxylic acids is 1. The molecular weight excluding hydrogens is 276 g/mol. The summed E-state index contributed by atoms with van der Waals surface area (Å²) in [5.74, 6) is 0.202. The first-order valence-electron chi connectivity index (χ1n) is 7.77. The number of nitrogens with one attached hydrogen (secondary N) is 1. The highest BCUT2D eigenvalue weighted by Gasteiger charge is 2.27. The number of amides is 1. The number of hydrogen-bond acceptors (Lipinski definition) is 3. The molecule has 22 heavy (non-hydrogen) atoms. The standard InChI is InChI=1S/C17H22N4O/c1-13-14(2)20(11-9-18-13)17(22)12-15-4-6-16(7-5-15)21-10-3-8-19-21/h3-8,10,13-14,18H,9,11-12H2,1-2H3. The van der Waals surface area contributed by atoms with Crippen molar-refractivity contribution in [3.63, 3.8) is 0 Å². The summed E-state index contributed by atoms with van der Waals surface area (Å²) in [5.41, 5.74) is 2.05. The second-order valence-electron chi connectivity index (χ2n) is 5.86. The topological polar surface area (TPSA) is 50.2 Å². The van der Waals surface area contributed by atoms with Crippen LogP contribution < -0.4 is 5.32 Å². The van der Waals surface area contributed by atoms with Crippen molar-refractivity contribution in [1.29, 1.82) is 0 Å². The molecule has 3 rings (SSSR count). The van der Waals surface area contributed by atoms with E-state index in [9.17, 15) is 4.79 Å². The van der Waals surface area contributed by atoms with E-state index in [2.05, 4.69) is 24.3 Å². The summed E-state index contributed by atoms with van der Waals surface area (Å²) in [7, 11) is 0. The minimum Gasteiger partial charge on any atom is -0.337 e. The van der Waals surface area contributed by atoms with Crippen LogP contribution in [0.25, 0.3) is 5.69 Å². The van der Waals surface area contributed by atoms with Gasteiger partial charge in [0.2, 0.25) is 5.91 Å². The Morgan fingerprint density at radius 3 is 2.77 bits per heavy atom. The summed E-state index contributed by atoms with van der Waals surface area (Å²) in [6.07, 6.45) is 4.12. The van der Waals surface area contributed by atoms with Crippen molar-refractivity contribution in [3.8, 4) is 5.69 Å². The van der Waals surface area contributed by atoms with Crippen molar-refractivity contribution in [2.45, 2.75) is 32.4 Å². The van der Waals surface area contributed by atoms with Crippen LogP contribution >= 0.6 is 0 Å². The number of hydrogen-bond donors (Lipinski definition) is 1. The molecule has 1 N–H and O–H groups in total. The summed E-state index contributed by atoms with van der Waals surface area (Å²) in [6.45, 7) is 5.89. The molecule has 0 saturated carbocycles. The molecule has 116 valence electrons. The number of piperazine rings is 1. The first-order chi connectivity index (χ1) is 10.6. The monoisotopic (exact) mass is 298 g/mol. The molecule has 5 heteroatoms. The van der Waals surface area contributed by atoms with Gasteiger partial charge >= 0.3 is 0 Å². The molecule has 1 aliphatic rings. The lowest BCUT2D eigenvalue weighted by atomic mass is 10.0. The van der Waals surface area contributed by atoms with Crippen molar-refractivity contribution in [3.05, 3.63) is 48.3 Å². The van der Waals surface area contributed by atoms with Crippen LogP contribution in [0.4, 0.5) is 0 Å². The van der Waals surface area contributed by atoms with Gasteiger partial charge in [-0.25, -0.2) is 4.68 Å². The Morgan fingerprint density at radius 1 is 1.32 bits per heavy atom. The van der Waals surface area contributed by atoms with E-state index in [1.54, 1.807) is 6.20 Å². The van der Waals surface area contributed by atoms with Crippen molar-refractivity contribution >= 4 is 5.91 Å². The zero-order valence-corrected chi connectivity index (χ0v) is 13.1. The summed E-state index contributed by atoms with van der Waals surface area (Å²) >= 11 is 0. The minimum absolute atomic E-state index is 0.202. The van der Waals surface area contributed by atoms with E-state index in [1.165, 1.54) is 0 Å². The molecule has 2 unspecified atom stereocenters. The smallest absolute Gasteiger partial charge is 0.227 e. The van der Waals surface area contributed by atoms with Gasteiger partial charge in [0.25, 0.3) is 0 Å². The Balaban J connectivity index is 1.66. The molecular formula is C17H22N4O. The van der Waals surface area contributed by atoms with Gasteiger partial charge in [-0.15, -0.1) is 0 Å². The van der Waals surface area contributed by atoms with Gasteiger partial charge in [0.15, 0.2) is 0 Å².